The predicted molar refractivity (Wildman–Crippen MR) is 71.9 cm³/mol. The Hall–Kier alpha value is -2.30. The zero-order valence-electron chi connectivity index (χ0n) is 10.7. The van der Waals surface area contributed by atoms with Gasteiger partial charge in [0.1, 0.15) is 5.82 Å². The van der Waals surface area contributed by atoms with Gasteiger partial charge < -0.3 is 10.6 Å². The smallest absolute Gasteiger partial charge is 0.258 e. The van der Waals surface area contributed by atoms with Crippen molar-refractivity contribution >= 4 is 17.4 Å². The Morgan fingerprint density at radius 1 is 1.33 bits per heavy atom. The van der Waals surface area contributed by atoms with Crippen LogP contribution in [-0.2, 0) is 7.05 Å². The number of hydrogen-bond acceptors (Lipinski definition) is 3. The Kier molecular flexibility index (Phi) is 3.32. The minimum atomic E-state index is -0.150. The summed E-state index contributed by atoms with van der Waals surface area (Å²) in [6.45, 7) is 1.89. The van der Waals surface area contributed by atoms with Gasteiger partial charge in [0.25, 0.3) is 5.91 Å². The molecule has 2 aromatic rings. The summed E-state index contributed by atoms with van der Waals surface area (Å²) < 4.78 is 1.65. The molecule has 0 atom stereocenters. The second-order valence-corrected chi connectivity index (χ2v) is 4.04. The van der Waals surface area contributed by atoms with Gasteiger partial charge in [0.2, 0.25) is 0 Å². The quantitative estimate of drug-likeness (QED) is 0.868. The molecule has 0 aliphatic carbocycles. The highest BCUT2D eigenvalue weighted by molar-refractivity contribution is 6.07. The summed E-state index contributed by atoms with van der Waals surface area (Å²) in [5, 5.41) is 10.0. The van der Waals surface area contributed by atoms with Crippen LogP contribution in [0.15, 0.2) is 30.3 Å². The molecule has 2 rings (SSSR count). The van der Waals surface area contributed by atoms with Crippen LogP contribution in [0.2, 0.25) is 0 Å². The molecule has 0 aliphatic rings. The van der Waals surface area contributed by atoms with E-state index in [4.69, 9.17) is 0 Å². The van der Waals surface area contributed by atoms with Crippen molar-refractivity contribution in [2.24, 2.45) is 7.05 Å². The highest BCUT2D eigenvalue weighted by Crippen LogP contribution is 2.16. The van der Waals surface area contributed by atoms with Gasteiger partial charge in [0.15, 0.2) is 0 Å². The molecular weight excluding hydrogens is 228 g/mol. The van der Waals surface area contributed by atoms with E-state index in [9.17, 15) is 4.79 Å². The summed E-state index contributed by atoms with van der Waals surface area (Å²) in [5.74, 6) is 0.534. The lowest BCUT2D eigenvalue weighted by molar-refractivity contribution is 0.102. The first kappa shape index (κ1) is 12.2. The van der Waals surface area contributed by atoms with Crippen LogP contribution in [-0.4, -0.2) is 22.7 Å². The molecule has 2 N–H and O–H groups in total. The summed E-state index contributed by atoms with van der Waals surface area (Å²) in [4.78, 5) is 12.2. The van der Waals surface area contributed by atoms with Crippen LogP contribution < -0.4 is 10.6 Å². The van der Waals surface area contributed by atoms with E-state index in [1.54, 1.807) is 24.8 Å². The molecule has 1 amide bonds. The average Bonchev–Trinajstić information content (AvgIpc) is 2.67. The fraction of sp³-hybridized carbons (Fsp3) is 0.231. The van der Waals surface area contributed by atoms with Crippen LogP contribution >= 0.6 is 0 Å². The molecule has 0 unspecified atom stereocenters. The Morgan fingerprint density at radius 2 is 2.06 bits per heavy atom. The molecule has 0 fully saturated rings. The number of para-hydroxylation sites is 1. The average molecular weight is 244 g/mol. The topological polar surface area (TPSA) is 59.0 Å². The zero-order chi connectivity index (χ0) is 13.1. The van der Waals surface area contributed by atoms with Gasteiger partial charge in [-0.05, 0) is 19.1 Å². The first-order valence-corrected chi connectivity index (χ1v) is 5.70. The zero-order valence-corrected chi connectivity index (χ0v) is 10.7. The number of rotatable bonds is 3. The number of hydrogen-bond donors (Lipinski definition) is 2. The van der Waals surface area contributed by atoms with Crippen molar-refractivity contribution in [3.63, 3.8) is 0 Å². The Bertz CT molecular complexity index is 574. The molecular formula is C13H16N4O. The molecule has 0 radical (unpaired) electrons. The first-order valence-electron chi connectivity index (χ1n) is 5.70. The van der Waals surface area contributed by atoms with Gasteiger partial charge in [-0.25, -0.2) is 0 Å². The molecule has 1 aromatic heterocycles. The highest BCUT2D eigenvalue weighted by Gasteiger charge is 2.12. The molecule has 1 heterocycles. The standard InChI is InChI=1S/C13H16N4O/c1-9-8-12(17(3)16-9)15-13(18)10-6-4-5-7-11(10)14-2/h4-8,14H,1-3H3,(H,15,18). The molecule has 94 valence electrons. The van der Waals surface area contributed by atoms with E-state index in [1.165, 1.54) is 0 Å². The van der Waals surface area contributed by atoms with Crippen LogP contribution in [0.4, 0.5) is 11.5 Å². The van der Waals surface area contributed by atoms with Crippen LogP contribution in [0, 0.1) is 6.92 Å². The monoisotopic (exact) mass is 244 g/mol. The largest absolute Gasteiger partial charge is 0.387 e. The second kappa shape index (κ2) is 4.91. The van der Waals surface area contributed by atoms with Gasteiger partial charge in [-0.1, -0.05) is 12.1 Å². The number of aromatic nitrogens is 2. The number of amides is 1. The van der Waals surface area contributed by atoms with E-state index in [0.29, 0.717) is 11.4 Å². The molecule has 0 bridgehead atoms. The summed E-state index contributed by atoms with van der Waals surface area (Å²) in [5.41, 5.74) is 2.28. The van der Waals surface area contributed by atoms with Crippen molar-refractivity contribution in [2.45, 2.75) is 6.92 Å². The minimum absolute atomic E-state index is 0.150. The van der Waals surface area contributed by atoms with Crippen LogP contribution in [0.5, 0.6) is 0 Å². The lowest BCUT2D eigenvalue weighted by Crippen LogP contribution is -2.16. The van der Waals surface area contributed by atoms with Crippen molar-refractivity contribution < 1.29 is 4.79 Å². The highest BCUT2D eigenvalue weighted by atomic mass is 16.1. The number of carbonyl (C=O) groups excluding carboxylic acids is 1. The lowest BCUT2D eigenvalue weighted by atomic mass is 10.1. The SMILES string of the molecule is CNc1ccccc1C(=O)Nc1cc(C)nn1C. The molecule has 0 spiro atoms. The molecule has 0 saturated heterocycles. The van der Waals surface area contributed by atoms with Crippen LogP contribution in [0.3, 0.4) is 0 Å². The Labute approximate surface area is 106 Å². The number of aryl methyl sites for hydroxylation is 2. The van der Waals surface area contributed by atoms with Crippen LogP contribution in [0.1, 0.15) is 16.1 Å². The summed E-state index contributed by atoms with van der Waals surface area (Å²) >= 11 is 0. The van der Waals surface area contributed by atoms with Gasteiger partial charge in [-0.3, -0.25) is 9.48 Å². The van der Waals surface area contributed by atoms with Gasteiger partial charge in [-0.2, -0.15) is 5.10 Å². The maximum Gasteiger partial charge on any atom is 0.258 e. The molecule has 5 heteroatoms. The van der Waals surface area contributed by atoms with E-state index < -0.39 is 0 Å². The van der Waals surface area contributed by atoms with Crippen molar-refractivity contribution in [3.05, 3.63) is 41.6 Å². The second-order valence-electron chi connectivity index (χ2n) is 4.04. The third kappa shape index (κ3) is 2.34. The number of nitrogens with zero attached hydrogens (tertiary/aromatic N) is 2. The molecule has 0 aliphatic heterocycles. The maximum absolute atomic E-state index is 12.2. The van der Waals surface area contributed by atoms with Crippen molar-refractivity contribution in [3.8, 4) is 0 Å². The number of nitrogens with one attached hydrogen (secondary N) is 2. The third-order valence-corrected chi connectivity index (χ3v) is 2.68. The fourth-order valence-electron chi connectivity index (χ4n) is 1.81. The van der Waals surface area contributed by atoms with E-state index in [1.807, 2.05) is 31.2 Å². The van der Waals surface area contributed by atoms with Crippen molar-refractivity contribution in [1.29, 1.82) is 0 Å². The van der Waals surface area contributed by atoms with Crippen LogP contribution in [0.25, 0.3) is 0 Å². The van der Waals surface area contributed by atoms with E-state index in [-0.39, 0.29) is 5.91 Å². The van der Waals surface area contributed by atoms with Gasteiger partial charge in [-0.15, -0.1) is 0 Å². The molecule has 0 saturated carbocycles. The van der Waals surface area contributed by atoms with E-state index in [2.05, 4.69) is 15.7 Å². The van der Waals surface area contributed by atoms with Gasteiger partial charge >= 0.3 is 0 Å². The molecule has 18 heavy (non-hydrogen) atoms. The third-order valence-electron chi connectivity index (χ3n) is 2.68. The fourth-order valence-corrected chi connectivity index (χ4v) is 1.81. The summed E-state index contributed by atoms with van der Waals surface area (Å²) in [6, 6.07) is 9.20. The normalized spacial score (nSPS) is 10.2. The maximum atomic E-state index is 12.2. The van der Waals surface area contributed by atoms with E-state index >= 15 is 0 Å². The molecule has 5 nitrogen and oxygen atoms in total. The van der Waals surface area contributed by atoms with E-state index in [0.717, 1.165) is 11.4 Å². The lowest BCUT2D eigenvalue weighted by Gasteiger charge is -2.09. The predicted octanol–water partition coefficient (Wildman–Crippen LogP) is 2.02. The minimum Gasteiger partial charge on any atom is -0.387 e. The number of anilines is 2. The van der Waals surface area contributed by atoms with Crippen molar-refractivity contribution in [2.75, 3.05) is 17.7 Å². The summed E-state index contributed by atoms with van der Waals surface area (Å²) in [6.07, 6.45) is 0. The Morgan fingerprint density at radius 3 is 2.67 bits per heavy atom. The molecule has 1 aromatic carbocycles. The Balaban J connectivity index is 2.24. The van der Waals surface area contributed by atoms with Gasteiger partial charge in [0, 0.05) is 25.8 Å². The van der Waals surface area contributed by atoms with Gasteiger partial charge in [0.05, 0.1) is 11.3 Å². The number of carbonyl (C=O) groups is 1. The van der Waals surface area contributed by atoms with Crippen molar-refractivity contribution in [1.82, 2.24) is 9.78 Å². The number of benzene rings is 1. The summed E-state index contributed by atoms with van der Waals surface area (Å²) in [7, 11) is 3.59. The first-order chi connectivity index (χ1) is 8.61.